The molecule has 1 atom stereocenters. The summed E-state index contributed by atoms with van der Waals surface area (Å²) in [6.07, 6.45) is 4.30. The summed E-state index contributed by atoms with van der Waals surface area (Å²) in [5.74, 6) is 0.587. The Balaban J connectivity index is 1.82. The molecule has 3 rings (SSSR count). The zero-order valence-corrected chi connectivity index (χ0v) is 13.6. The minimum Gasteiger partial charge on any atom is -0.347 e. The summed E-state index contributed by atoms with van der Waals surface area (Å²) in [5.41, 5.74) is 3.71. The number of aryl methyl sites for hydroxylation is 2. The van der Waals surface area contributed by atoms with Gasteiger partial charge in [0.25, 0.3) is 0 Å². The highest BCUT2D eigenvalue weighted by molar-refractivity contribution is 5.75. The highest BCUT2D eigenvalue weighted by Crippen LogP contribution is 2.25. The van der Waals surface area contributed by atoms with E-state index >= 15 is 0 Å². The summed E-state index contributed by atoms with van der Waals surface area (Å²) < 4.78 is 0. The second kappa shape index (κ2) is 6.46. The lowest BCUT2D eigenvalue weighted by atomic mass is 9.89. The quantitative estimate of drug-likeness (QED) is 0.830. The van der Waals surface area contributed by atoms with Gasteiger partial charge in [0.1, 0.15) is 0 Å². The van der Waals surface area contributed by atoms with Gasteiger partial charge in [-0.15, -0.1) is 0 Å². The van der Waals surface area contributed by atoms with Gasteiger partial charge in [0.05, 0.1) is 16.8 Å². The minimum absolute atomic E-state index is 0.0929. The predicted octanol–water partition coefficient (Wildman–Crippen LogP) is 2.29. The third-order valence-corrected chi connectivity index (χ3v) is 4.43. The van der Waals surface area contributed by atoms with Gasteiger partial charge in [-0.2, -0.15) is 0 Å². The first-order chi connectivity index (χ1) is 11.1. The van der Waals surface area contributed by atoms with Crippen molar-refractivity contribution >= 4 is 12.2 Å². The molecule has 1 saturated heterocycles. The standard InChI is InChI=1S/C18H22N4O/c1-13-3-5-15(6-4-13)9-18(7-8-19-12-18)22-17-20-10-16(11-23)14(2)21-17/h3-6,10-11,19H,7-9,12H2,1-2H3,(H,20,21,22)/t18-/m0/s1. The van der Waals surface area contributed by atoms with Crippen molar-refractivity contribution in [3.63, 3.8) is 0 Å². The molecular weight excluding hydrogens is 288 g/mol. The molecule has 0 aliphatic carbocycles. The molecule has 0 saturated carbocycles. The van der Waals surface area contributed by atoms with E-state index in [1.165, 1.54) is 11.1 Å². The maximum Gasteiger partial charge on any atom is 0.223 e. The van der Waals surface area contributed by atoms with Crippen LogP contribution in [0.4, 0.5) is 5.95 Å². The Labute approximate surface area is 136 Å². The number of hydrogen-bond acceptors (Lipinski definition) is 5. The van der Waals surface area contributed by atoms with E-state index in [4.69, 9.17) is 0 Å². The van der Waals surface area contributed by atoms with E-state index in [9.17, 15) is 4.79 Å². The van der Waals surface area contributed by atoms with Crippen molar-refractivity contribution in [3.05, 3.63) is 52.8 Å². The number of anilines is 1. The number of carbonyl (C=O) groups excluding carboxylic acids is 1. The Bertz CT molecular complexity index is 691. The maximum atomic E-state index is 10.9. The van der Waals surface area contributed by atoms with Gasteiger partial charge in [0.2, 0.25) is 5.95 Å². The molecule has 120 valence electrons. The number of benzene rings is 1. The van der Waals surface area contributed by atoms with E-state index in [2.05, 4.69) is 51.8 Å². The Morgan fingerprint density at radius 1 is 1.30 bits per heavy atom. The Morgan fingerprint density at radius 3 is 2.70 bits per heavy atom. The lowest BCUT2D eigenvalue weighted by Crippen LogP contribution is -2.43. The van der Waals surface area contributed by atoms with Crippen LogP contribution in [0.5, 0.6) is 0 Å². The van der Waals surface area contributed by atoms with Crippen LogP contribution >= 0.6 is 0 Å². The molecule has 2 aromatic rings. The van der Waals surface area contributed by atoms with Crippen LogP contribution in [-0.2, 0) is 6.42 Å². The molecule has 23 heavy (non-hydrogen) atoms. The number of aromatic nitrogens is 2. The molecule has 2 heterocycles. The topological polar surface area (TPSA) is 66.9 Å². The van der Waals surface area contributed by atoms with Crippen LogP contribution in [0.15, 0.2) is 30.5 Å². The average molecular weight is 310 g/mol. The molecule has 0 amide bonds. The summed E-state index contributed by atoms with van der Waals surface area (Å²) in [6, 6.07) is 8.65. The van der Waals surface area contributed by atoms with Crippen LogP contribution in [0, 0.1) is 13.8 Å². The predicted molar refractivity (Wildman–Crippen MR) is 90.9 cm³/mol. The summed E-state index contributed by atoms with van der Waals surface area (Å²) in [5, 5.41) is 6.94. The second-order valence-corrected chi connectivity index (χ2v) is 6.35. The summed E-state index contributed by atoms with van der Waals surface area (Å²) in [4.78, 5) is 19.6. The van der Waals surface area contributed by atoms with Crippen molar-refractivity contribution in [3.8, 4) is 0 Å². The first-order valence-electron chi connectivity index (χ1n) is 7.93. The number of aldehydes is 1. The lowest BCUT2D eigenvalue weighted by molar-refractivity contribution is 0.112. The Hall–Kier alpha value is -2.27. The fraction of sp³-hybridized carbons (Fsp3) is 0.389. The molecule has 1 aliphatic heterocycles. The molecule has 5 heteroatoms. The molecular formula is C18H22N4O. The van der Waals surface area contributed by atoms with Crippen molar-refractivity contribution in [2.24, 2.45) is 0 Å². The summed E-state index contributed by atoms with van der Waals surface area (Å²) >= 11 is 0. The van der Waals surface area contributed by atoms with Crippen molar-refractivity contribution in [1.82, 2.24) is 15.3 Å². The molecule has 2 N–H and O–H groups in total. The Morgan fingerprint density at radius 2 is 2.09 bits per heavy atom. The van der Waals surface area contributed by atoms with Crippen molar-refractivity contribution in [2.75, 3.05) is 18.4 Å². The Kier molecular flexibility index (Phi) is 4.39. The van der Waals surface area contributed by atoms with Crippen molar-refractivity contribution in [2.45, 2.75) is 32.2 Å². The monoisotopic (exact) mass is 310 g/mol. The first-order valence-corrected chi connectivity index (χ1v) is 7.93. The fourth-order valence-corrected chi connectivity index (χ4v) is 3.03. The number of nitrogens with one attached hydrogen (secondary N) is 2. The van der Waals surface area contributed by atoms with E-state index in [1.54, 1.807) is 6.20 Å². The van der Waals surface area contributed by atoms with E-state index in [0.29, 0.717) is 17.2 Å². The zero-order chi connectivity index (χ0) is 16.3. The van der Waals surface area contributed by atoms with E-state index in [-0.39, 0.29) is 5.54 Å². The molecule has 1 aliphatic rings. The number of hydrogen-bond donors (Lipinski definition) is 2. The minimum atomic E-state index is -0.0929. The highest BCUT2D eigenvalue weighted by Gasteiger charge is 2.34. The first kappa shape index (κ1) is 15.6. The highest BCUT2D eigenvalue weighted by atomic mass is 16.1. The van der Waals surface area contributed by atoms with Gasteiger partial charge in [0.15, 0.2) is 6.29 Å². The van der Waals surface area contributed by atoms with Gasteiger partial charge in [-0.05, 0) is 38.8 Å². The fourth-order valence-electron chi connectivity index (χ4n) is 3.03. The van der Waals surface area contributed by atoms with Crippen LogP contribution in [0.25, 0.3) is 0 Å². The number of rotatable bonds is 5. The molecule has 0 unspecified atom stereocenters. The third-order valence-electron chi connectivity index (χ3n) is 4.43. The van der Waals surface area contributed by atoms with Gasteiger partial charge >= 0.3 is 0 Å². The van der Waals surface area contributed by atoms with Crippen LogP contribution in [0.1, 0.15) is 33.6 Å². The van der Waals surface area contributed by atoms with Crippen LogP contribution in [-0.4, -0.2) is 34.9 Å². The number of nitrogens with zero attached hydrogens (tertiary/aromatic N) is 2. The smallest absolute Gasteiger partial charge is 0.223 e. The summed E-state index contributed by atoms with van der Waals surface area (Å²) in [6.45, 7) is 5.78. The normalized spacial score (nSPS) is 20.4. The van der Waals surface area contributed by atoms with Crippen molar-refractivity contribution in [1.29, 1.82) is 0 Å². The van der Waals surface area contributed by atoms with Crippen molar-refractivity contribution < 1.29 is 4.79 Å². The molecule has 5 nitrogen and oxygen atoms in total. The van der Waals surface area contributed by atoms with Gasteiger partial charge in [-0.1, -0.05) is 29.8 Å². The van der Waals surface area contributed by atoms with Gasteiger partial charge in [-0.25, -0.2) is 9.97 Å². The number of carbonyl (C=O) groups is 1. The average Bonchev–Trinajstić information content (AvgIpc) is 2.98. The molecule has 0 spiro atoms. The molecule has 1 aromatic carbocycles. The largest absolute Gasteiger partial charge is 0.347 e. The van der Waals surface area contributed by atoms with Gasteiger partial charge < -0.3 is 10.6 Å². The lowest BCUT2D eigenvalue weighted by Gasteiger charge is -2.30. The zero-order valence-electron chi connectivity index (χ0n) is 13.6. The molecule has 0 radical (unpaired) electrons. The second-order valence-electron chi connectivity index (χ2n) is 6.35. The molecule has 1 fully saturated rings. The maximum absolute atomic E-state index is 10.9. The van der Waals surface area contributed by atoms with E-state index in [1.807, 2.05) is 6.92 Å². The van der Waals surface area contributed by atoms with E-state index in [0.717, 1.165) is 32.2 Å². The van der Waals surface area contributed by atoms with Crippen LogP contribution in [0.3, 0.4) is 0 Å². The summed E-state index contributed by atoms with van der Waals surface area (Å²) in [7, 11) is 0. The molecule has 0 bridgehead atoms. The SMILES string of the molecule is Cc1ccc(C[C@@]2(Nc3ncc(C=O)c(C)n3)CCNC2)cc1. The van der Waals surface area contributed by atoms with E-state index < -0.39 is 0 Å². The van der Waals surface area contributed by atoms with Crippen LogP contribution in [0.2, 0.25) is 0 Å². The molecule has 1 aromatic heterocycles. The van der Waals surface area contributed by atoms with Crippen LogP contribution < -0.4 is 10.6 Å². The third kappa shape index (κ3) is 3.56. The van der Waals surface area contributed by atoms with Gasteiger partial charge in [-0.3, -0.25) is 4.79 Å². The van der Waals surface area contributed by atoms with Gasteiger partial charge in [0, 0.05) is 12.7 Å².